The summed E-state index contributed by atoms with van der Waals surface area (Å²) in [6.07, 6.45) is 3.60. The lowest BCUT2D eigenvalue weighted by Crippen LogP contribution is -1.83. The van der Waals surface area contributed by atoms with Crippen molar-refractivity contribution in [1.29, 1.82) is 0 Å². The van der Waals surface area contributed by atoms with Gasteiger partial charge in [-0.3, -0.25) is 9.97 Å². The first-order valence-electron chi connectivity index (χ1n) is 5.67. The molecule has 2 N–H and O–H groups in total. The van der Waals surface area contributed by atoms with Gasteiger partial charge in [0, 0.05) is 23.2 Å². The maximum atomic E-state index is 8.36. The third-order valence-electron chi connectivity index (χ3n) is 2.34. The van der Waals surface area contributed by atoms with Gasteiger partial charge >= 0.3 is 0 Å². The largest absolute Gasteiger partial charge is 0.328 e. The zero-order valence-corrected chi connectivity index (χ0v) is 10.9. The van der Waals surface area contributed by atoms with Crippen LogP contribution in [0.25, 0.3) is 21.8 Å². The second-order valence-electron chi connectivity index (χ2n) is 3.69. The molecule has 2 heterocycles. The highest BCUT2D eigenvalue weighted by Gasteiger charge is 2.00. The van der Waals surface area contributed by atoms with Crippen LogP contribution in [0.15, 0.2) is 48.8 Å². The summed E-state index contributed by atoms with van der Waals surface area (Å²) in [7, 11) is 0. The zero-order valence-electron chi connectivity index (χ0n) is 10.9. The number of pyridine rings is 2. The molecule has 0 spiro atoms. The van der Waals surface area contributed by atoms with E-state index in [9.17, 15) is 0 Å². The van der Waals surface area contributed by atoms with E-state index in [2.05, 4.69) is 34.2 Å². The van der Waals surface area contributed by atoms with Crippen molar-refractivity contribution in [2.45, 2.75) is 0 Å². The summed E-state index contributed by atoms with van der Waals surface area (Å²) in [4.78, 5) is 25.4. The Morgan fingerprint density at radius 3 is 1.41 bits per heavy atom. The van der Waals surface area contributed by atoms with E-state index in [0.29, 0.717) is 0 Å². The average Bonchev–Trinajstić information content (AvgIpc) is 2.46. The van der Waals surface area contributed by atoms with Crippen molar-refractivity contribution in [2.75, 3.05) is 0 Å². The minimum Gasteiger partial charge on any atom is -0.328 e. The van der Waals surface area contributed by atoms with E-state index < -0.39 is 10.2 Å². The lowest BCUT2D eigenvalue weighted by molar-refractivity contribution is -0.742. The molecule has 0 fully saturated rings. The summed E-state index contributed by atoms with van der Waals surface area (Å²) >= 11 is 0. The van der Waals surface area contributed by atoms with E-state index in [0.717, 1.165) is 21.8 Å². The van der Waals surface area contributed by atoms with Crippen LogP contribution < -0.4 is 0 Å². The van der Waals surface area contributed by atoms with Gasteiger partial charge in [-0.2, -0.15) is 0 Å². The monoisotopic (exact) mass is 306 g/mol. The highest BCUT2D eigenvalue weighted by Crippen LogP contribution is 2.20. The van der Waals surface area contributed by atoms with Crippen molar-refractivity contribution >= 4 is 21.8 Å². The Kier molecular flexibility index (Phi) is 5.92. The standard InChI is InChI=1S/C12H8N2.2HNO3/c1-3-9-5-6-10-4-2-8-14-12(10)11(9)13-7-1;2*2-1(3)4/h1-8H;2*(H,2,3,4). The summed E-state index contributed by atoms with van der Waals surface area (Å²) in [5.74, 6) is 0. The second kappa shape index (κ2) is 7.89. The molecule has 3 aromatic rings. The van der Waals surface area contributed by atoms with E-state index >= 15 is 0 Å². The number of fused-ring (bicyclic) bond motifs is 3. The van der Waals surface area contributed by atoms with Crippen molar-refractivity contribution in [2.24, 2.45) is 0 Å². The fraction of sp³-hybridized carbons (Fsp3) is 0. The van der Waals surface area contributed by atoms with Gasteiger partial charge in [0.2, 0.25) is 0 Å². The number of rotatable bonds is 0. The highest BCUT2D eigenvalue weighted by atomic mass is 16.9. The van der Waals surface area contributed by atoms with Crippen molar-refractivity contribution in [3.8, 4) is 0 Å². The van der Waals surface area contributed by atoms with Crippen molar-refractivity contribution in [3.63, 3.8) is 0 Å². The molecule has 0 bridgehead atoms. The van der Waals surface area contributed by atoms with Gasteiger partial charge in [-0.15, -0.1) is 20.2 Å². The molecule has 22 heavy (non-hydrogen) atoms. The Morgan fingerprint density at radius 2 is 1.09 bits per heavy atom. The first kappa shape index (κ1) is 16.5. The molecule has 0 atom stereocenters. The van der Waals surface area contributed by atoms with Gasteiger partial charge in [0.15, 0.2) is 0 Å². The molecule has 114 valence electrons. The van der Waals surface area contributed by atoms with E-state index in [-0.39, 0.29) is 0 Å². The molecular formula is C12H10N4O6. The predicted octanol–water partition coefficient (Wildman–Crippen LogP) is 2.09. The SMILES string of the molecule is O=[N+]([O-])O.O=[N+]([O-])O.c1cnc2c(c1)ccc1cccnc12. The van der Waals surface area contributed by atoms with E-state index in [1.54, 1.807) is 12.4 Å². The summed E-state index contributed by atoms with van der Waals surface area (Å²) in [5, 5.41) is 29.6. The maximum Gasteiger partial charge on any atom is 0.291 e. The Morgan fingerprint density at radius 1 is 0.773 bits per heavy atom. The molecule has 3 rings (SSSR count). The Hall–Kier alpha value is -3.56. The lowest BCUT2D eigenvalue weighted by Gasteiger charge is -2.00. The first-order chi connectivity index (χ1) is 10.4. The Bertz CT molecular complexity index is 720. The van der Waals surface area contributed by atoms with Gasteiger partial charge < -0.3 is 10.4 Å². The van der Waals surface area contributed by atoms with E-state index in [1.807, 2.05) is 12.1 Å². The number of nitrogens with zero attached hydrogens (tertiary/aromatic N) is 4. The molecule has 0 aliphatic heterocycles. The van der Waals surface area contributed by atoms with Crippen LogP contribution in [-0.2, 0) is 0 Å². The van der Waals surface area contributed by atoms with E-state index in [1.165, 1.54) is 0 Å². The number of aromatic nitrogens is 2. The Balaban J connectivity index is 0.000000257. The number of hydrogen-bond donors (Lipinski definition) is 2. The first-order valence-corrected chi connectivity index (χ1v) is 5.67. The number of hydrogen-bond acceptors (Lipinski definition) is 6. The molecular weight excluding hydrogens is 296 g/mol. The molecule has 2 aromatic heterocycles. The molecule has 0 aliphatic rings. The van der Waals surface area contributed by atoms with Crippen LogP contribution in [0.2, 0.25) is 0 Å². The zero-order chi connectivity index (χ0) is 16.5. The minimum atomic E-state index is -1.50. The van der Waals surface area contributed by atoms with Gasteiger partial charge in [0.05, 0.1) is 11.0 Å². The Labute approximate surface area is 122 Å². The quantitative estimate of drug-likeness (QED) is 0.363. The predicted molar refractivity (Wildman–Crippen MR) is 74.6 cm³/mol. The summed E-state index contributed by atoms with van der Waals surface area (Å²) in [5.41, 5.74) is 1.95. The van der Waals surface area contributed by atoms with E-state index in [4.69, 9.17) is 30.6 Å². The molecule has 0 unspecified atom stereocenters. The van der Waals surface area contributed by atoms with Gasteiger partial charge in [0.25, 0.3) is 10.2 Å². The van der Waals surface area contributed by atoms with Crippen molar-refractivity contribution < 1.29 is 20.6 Å². The van der Waals surface area contributed by atoms with Crippen LogP contribution in [0.4, 0.5) is 0 Å². The molecule has 0 radical (unpaired) electrons. The smallest absolute Gasteiger partial charge is 0.291 e. The lowest BCUT2D eigenvalue weighted by atomic mass is 10.1. The fourth-order valence-corrected chi connectivity index (χ4v) is 1.68. The van der Waals surface area contributed by atoms with Gasteiger partial charge in [-0.1, -0.05) is 24.3 Å². The normalized spacial score (nSPS) is 9.09. The van der Waals surface area contributed by atoms with Gasteiger partial charge in [-0.25, -0.2) is 0 Å². The van der Waals surface area contributed by atoms with Gasteiger partial charge in [0.1, 0.15) is 0 Å². The molecule has 1 aromatic carbocycles. The molecule has 0 saturated carbocycles. The topological polar surface area (TPSA) is 153 Å². The maximum absolute atomic E-state index is 8.36. The minimum absolute atomic E-state index is 0.977. The van der Waals surface area contributed by atoms with Crippen LogP contribution in [0.5, 0.6) is 0 Å². The van der Waals surface area contributed by atoms with Crippen molar-refractivity contribution in [1.82, 2.24) is 9.97 Å². The second-order valence-corrected chi connectivity index (χ2v) is 3.69. The molecule has 0 amide bonds. The molecule has 10 nitrogen and oxygen atoms in total. The van der Waals surface area contributed by atoms with Crippen LogP contribution >= 0.6 is 0 Å². The summed E-state index contributed by atoms with van der Waals surface area (Å²) in [6, 6.07) is 12.1. The fourth-order valence-electron chi connectivity index (χ4n) is 1.68. The van der Waals surface area contributed by atoms with Crippen LogP contribution in [0.1, 0.15) is 0 Å². The third-order valence-corrected chi connectivity index (χ3v) is 2.34. The molecule has 10 heteroatoms. The van der Waals surface area contributed by atoms with Gasteiger partial charge in [-0.05, 0) is 12.1 Å². The average molecular weight is 306 g/mol. The molecule has 0 aliphatic carbocycles. The summed E-state index contributed by atoms with van der Waals surface area (Å²) in [6.45, 7) is 0. The van der Waals surface area contributed by atoms with Crippen LogP contribution in [0, 0.1) is 20.2 Å². The van der Waals surface area contributed by atoms with Crippen molar-refractivity contribution in [3.05, 3.63) is 69.0 Å². The van der Waals surface area contributed by atoms with Crippen LogP contribution in [0.3, 0.4) is 0 Å². The van der Waals surface area contributed by atoms with Crippen LogP contribution in [-0.4, -0.2) is 30.6 Å². The summed E-state index contributed by atoms with van der Waals surface area (Å²) < 4.78 is 0. The highest BCUT2D eigenvalue weighted by molar-refractivity contribution is 6.02. The molecule has 0 saturated heterocycles. The number of benzene rings is 1. The third kappa shape index (κ3) is 5.21.